The predicted octanol–water partition coefficient (Wildman–Crippen LogP) is 4.37. The molecule has 0 aromatic heterocycles. The Hall–Kier alpha value is -3.29. The minimum absolute atomic E-state index is 0.0726. The highest BCUT2D eigenvalue weighted by Gasteiger charge is 2.31. The van der Waals surface area contributed by atoms with Crippen molar-refractivity contribution >= 4 is 16.7 Å². The van der Waals surface area contributed by atoms with Crippen molar-refractivity contribution in [2.75, 3.05) is 47.1 Å². The summed E-state index contributed by atoms with van der Waals surface area (Å²) in [5.41, 5.74) is 2.22. The molecule has 5 rings (SSSR count). The molecule has 7 nitrogen and oxygen atoms in total. The Morgan fingerprint density at radius 1 is 1.06 bits per heavy atom. The number of hydrogen-bond acceptors (Lipinski definition) is 6. The first-order valence-electron chi connectivity index (χ1n) is 12.2. The monoisotopic (exact) mass is 476 g/mol. The van der Waals surface area contributed by atoms with Gasteiger partial charge in [0.2, 0.25) is 0 Å². The number of aromatic hydroxyl groups is 1. The number of methoxy groups -OCH3 is 2. The highest BCUT2D eigenvalue weighted by Crippen LogP contribution is 2.42. The maximum atomic E-state index is 13.4. The van der Waals surface area contributed by atoms with Gasteiger partial charge < -0.3 is 24.2 Å². The van der Waals surface area contributed by atoms with Crippen LogP contribution in [0, 0.1) is 0 Å². The molecular formula is C28H32N2O5. The van der Waals surface area contributed by atoms with Gasteiger partial charge in [0.1, 0.15) is 17.2 Å². The highest BCUT2D eigenvalue weighted by atomic mass is 16.5. The highest BCUT2D eigenvalue weighted by molar-refractivity contribution is 6.03. The fraction of sp³-hybridized carbons (Fsp3) is 0.393. The van der Waals surface area contributed by atoms with Crippen molar-refractivity contribution in [1.82, 2.24) is 9.80 Å². The Morgan fingerprint density at radius 3 is 2.63 bits per heavy atom. The average Bonchev–Trinajstić information content (AvgIpc) is 3.38. The first-order valence-corrected chi connectivity index (χ1v) is 12.2. The van der Waals surface area contributed by atoms with E-state index in [0.717, 1.165) is 52.8 Å². The van der Waals surface area contributed by atoms with E-state index in [4.69, 9.17) is 14.2 Å². The Balaban J connectivity index is 1.53. The summed E-state index contributed by atoms with van der Waals surface area (Å²) in [6.45, 7) is 3.52. The molecule has 35 heavy (non-hydrogen) atoms. The zero-order valence-corrected chi connectivity index (χ0v) is 20.3. The van der Waals surface area contributed by atoms with Crippen LogP contribution in [0.4, 0.5) is 0 Å². The van der Waals surface area contributed by atoms with Gasteiger partial charge in [0.05, 0.1) is 33.0 Å². The lowest BCUT2D eigenvalue weighted by atomic mass is 9.97. The molecule has 2 saturated heterocycles. The first kappa shape index (κ1) is 23.5. The number of morpholine rings is 1. The molecule has 0 unspecified atom stereocenters. The lowest BCUT2D eigenvalue weighted by Crippen LogP contribution is -2.40. The Kier molecular flexibility index (Phi) is 6.79. The van der Waals surface area contributed by atoms with Gasteiger partial charge in [0.25, 0.3) is 5.91 Å². The molecule has 3 aromatic rings. The molecule has 0 spiro atoms. The number of carbonyl (C=O) groups is 1. The zero-order valence-electron chi connectivity index (χ0n) is 20.3. The molecule has 0 aliphatic carbocycles. The minimum atomic E-state index is -0.148. The van der Waals surface area contributed by atoms with E-state index < -0.39 is 0 Å². The largest absolute Gasteiger partial charge is 0.507 e. The van der Waals surface area contributed by atoms with E-state index in [1.807, 2.05) is 48.5 Å². The van der Waals surface area contributed by atoms with Gasteiger partial charge in [0.15, 0.2) is 0 Å². The van der Waals surface area contributed by atoms with Crippen LogP contribution in [0.5, 0.6) is 17.2 Å². The molecule has 2 aliphatic heterocycles. The zero-order chi connectivity index (χ0) is 24.4. The standard InChI is InChI=1S/C28H32N2O5/c1-33-20-9-10-26(34-2)22(17-20)25-8-5-11-30(25)18-24-21-7-4-3-6-19(21)16-23(27(24)31)28(32)29-12-14-35-15-13-29/h3-4,6-7,9-10,16-17,25,31H,5,8,11-15,18H2,1-2H3/t25-/m0/s1. The van der Waals surface area contributed by atoms with E-state index in [-0.39, 0.29) is 17.7 Å². The molecular weight excluding hydrogens is 444 g/mol. The van der Waals surface area contributed by atoms with Gasteiger partial charge in [0, 0.05) is 36.8 Å². The Morgan fingerprint density at radius 2 is 1.86 bits per heavy atom. The number of amides is 1. The van der Waals surface area contributed by atoms with Crippen LogP contribution in [0.15, 0.2) is 48.5 Å². The van der Waals surface area contributed by atoms with Crippen molar-refractivity contribution in [3.8, 4) is 17.2 Å². The van der Waals surface area contributed by atoms with E-state index in [0.29, 0.717) is 38.4 Å². The van der Waals surface area contributed by atoms with Crippen molar-refractivity contribution in [3.05, 3.63) is 65.2 Å². The Bertz CT molecular complexity index is 1220. The predicted molar refractivity (Wildman–Crippen MR) is 134 cm³/mol. The van der Waals surface area contributed by atoms with Gasteiger partial charge in [-0.05, 0) is 54.4 Å². The summed E-state index contributed by atoms with van der Waals surface area (Å²) < 4.78 is 16.6. The number of ether oxygens (including phenoxy) is 3. The van der Waals surface area contributed by atoms with Gasteiger partial charge in [-0.25, -0.2) is 0 Å². The summed E-state index contributed by atoms with van der Waals surface area (Å²) in [6, 6.07) is 15.8. The van der Waals surface area contributed by atoms with E-state index in [2.05, 4.69) is 4.90 Å². The topological polar surface area (TPSA) is 71.5 Å². The average molecular weight is 477 g/mol. The van der Waals surface area contributed by atoms with E-state index in [9.17, 15) is 9.90 Å². The summed E-state index contributed by atoms with van der Waals surface area (Å²) in [4.78, 5) is 17.5. The Labute approximate surface area is 205 Å². The number of phenolic OH excluding ortho intramolecular Hbond substituents is 1. The second-order valence-electron chi connectivity index (χ2n) is 9.11. The quantitative estimate of drug-likeness (QED) is 0.570. The molecule has 2 heterocycles. The van der Waals surface area contributed by atoms with Gasteiger partial charge in [-0.2, -0.15) is 0 Å². The van der Waals surface area contributed by atoms with Crippen molar-refractivity contribution in [3.63, 3.8) is 0 Å². The number of carbonyl (C=O) groups excluding carboxylic acids is 1. The van der Waals surface area contributed by atoms with E-state index >= 15 is 0 Å². The van der Waals surface area contributed by atoms with Crippen LogP contribution in [0.25, 0.3) is 10.8 Å². The van der Waals surface area contributed by atoms with Crippen molar-refractivity contribution < 1.29 is 24.1 Å². The maximum Gasteiger partial charge on any atom is 0.257 e. The summed E-state index contributed by atoms with van der Waals surface area (Å²) in [5, 5.41) is 13.4. The van der Waals surface area contributed by atoms with Crippen LogP contribution >= 0.6 is 0 Å². The molecule has 2 fully saturated rings. The third-order valence-electron chi connectivity index (χ3n) is 7.18. The van der Waals surface area contributed by atoms with Gasteiger partial charge >= 0.3 is 0 Å². The molecule has 1 amide bonds. The molecule has 1 atom stereocenters. The number of nitrogens with zero attached hydrogens (tertiary/aromatic N) is 2. The lowest BCUT2D eigenvalue weighted by Gasteiger charge is -2.29. The SMILES string of the molecule is COc1ccc(OC)c([C@@H]2CCCN2Cc2c(O)c(C(=O)N3CCOCC3)cc3ccccc23)c1. The molecule has 0 saturated carbocycles. The van der Waals surface area contributed by atoms with E-state index in [1.54, 1.807) is 19.1 Å². The van der Waals surface area contributed by atoms with Gasteiger partial charge in [-0.1, -0.05) is 24.3 Å². The third kappa shape index (κ3) is 4.54. The number of fused-ring (bicyclic) bond motifs is 1. The number of likely N-dealkylation sites (tertiary alicyclic amines) is 1. The molecule has 0 radical (unpaired) electrons. The first-order chi connectivity index (χ1) is 17.1. The van der Waals surface area contributed by atoms with Crippen LogP contribution in [-0.2, 0) is 11.3 Å². The lowest BCUT2D eigenvalue weighted by molar-refractivity contribution is 0.0301. The van der Waals surface area contributed by atoms with Crippen LogP contribution < -0.4 is 9.47 Å². The van der Waals surface area contributed by atoms with Crippen LogP contribution in [0.3, 0.4) is 0 Å². The summed E-state index contributed by atoms with van der Waals surface area (Å²) in [6.07, 6.45) is 2.02. The number of hydrogen-bond donors (Lipinski definition) is 1. The summed E-state index contributed by atoms with van der Waals surface area (Å²) >= 11 is 0. The molecule has 2 aliphatic rings. The molecule has 1 N–H and O–H groups in total. The second kappa shape index (κ2) is 10.1. The normalized spacial score (nSPS) is 18.7. The number of benzene rings is 3. The van der Waals surface area contributed by atoms with Crippen LogP contribution in [0.2, 0.25) is 0 Å². The van der Waals surface area contributed by atoms with E-state index in [1.165, 1.54) is 0 Å². The molecule has 184 valence electrons. The minimum Gasteiger partial charge on any atom is -0.507 e. The number of phenols is 1. The molecule has 0 bridgehead atoms. The smallest absolute Gasteiger partial charge is 0.257 e. The fourth-order valence-electron chi connectivity index (χ4n) is 5.34. The fourth-order valence-corrected chi connectivity index (χ4v) is 5.34. The number of rotatable bonds is 6. The van der Waals surface area contributed by atoms with Crippen molar-refractivity contribution in [2.45, 2.75) is 25.4 Å². The van der Waals surface area contributed by atoms with Crippen molar-refractivity contribution in [2.24, 2.45) is 0 Å². The summed E-state index contributed by atoms with van der Waals surface area (Å²) in [5.74, 6) is 1.54. The van der Waals surface area contributed by atoms with Gasteiger partial charge in [-0.3, -0.25) is 9.69 Å². The molecule has 7 heteroatoms. The second-order valence-corrected chi connectivity index (χ2v) is 9.11. The molecule has 3 aromatic carbocycles. The maximum absolute atomic E-state index is 13.4. The van der Waals surface area contributed by atoms with Gasteiger partial charge in [-0.15, -0.1) is 0 Å². The van der Waals surface area contributed by atoms with Crippen molar-refractivity contribution in [1.29, 1.82) is 0 Å². The van der Waals surface area contributed by atoms with Crippen LogP contribution in [-0.4, -0.2) is 67.9 Å². The summed E-state index contributed by atoms with van der Waals surface area (Å²) in [7, 11) is 3.35. The third-order valence-corrected chi connectivity index (χ3v) is 7.18. The van der Waals surface area contributed by atoms with Crippen LogP contribution in [0.1, 0.15) is 40.4 Å².